The van der Waals surface area contributed by atoms with Crippen LogP contribution in [0.3, 0.4) is 0 Å². The molecule has 0 saturated heterocycles. The highest BCUT2D eigenvalue weighted by Gasteiger charge is 2.20. The number of rotatable bonds is 12. The molecule has 0 aliphatic heterocycles. The van der Waals surface area contributed by atoms with Gasteiger partial charge < -0.3 is 20.1 Å². The molecule has 0 aliphatic carbocycles. The second-order valence-corrected chi connectivity index (χ2v) is 20.5. The molecule has 0 aliphatic rings. The Kier molecular flexibility index (Phi) is 13.6. The molecule has 0 aromatic heterocycles. The lowest BCUT2D eigenvalue weighted by molar-refractivity contribution is 0.0945. The van der Waals surface area contributed by atoms with E-state index >= 15 is 0 Å². The van der Waals surface area contributed by atoms with Crippen LogP contribution in [-0.4, -0.2) is 29.6 Å². The summed E-state index contributed by atoms with van der Waals surface area (Å²) in [6.07, 6.45) is 4.90. The summed E-state index contributed by atoms with van der Waals surface area (Å²) in [6, 6.07) is 13.8. The van der Waals surface area contributed by atoms with Crippen LogP contribution in [0.2, 0.25) is 0 Å². The molecule has 0 bridgehead atoms. The molecule has 2 aromatic rings. The molecule has 0 fully saturated rings. The maximum atomic E-state index is 12.2. The van der Waals surface area contributed by atoms with Crippen molar-refractivity contribution in [3.63, 3.8) is 0 Å². The number of ether oxygens (including phenoxy) is 2. The van der Waals surface area contributed by atoms with Gasteiger partial charge in [0.1, 0.15) is 11.5 Å². The number of carbonyl (C=O) groups excluding carboxylic acids is 2. The van der Waals surface area contributed by atoms with Gasteiger partial charge in [0.2, 0.25) is 0 Å². The number of amides is 2. The number of hydrogen-bond acceptors (Lipinski definition) is 4. The minimum Gasteiger partial charge on any atom is -0.456 e. The molecule has 35 heavy (non-hydrogen) atoms. The standard InChI is InChI=1S/C23H24Br6N2O4/c24-22(25,26)34-18-10-6-16(7-11-18)20(32)30-14-4-2-1-3-5-15-31-21(33)17-8-12-19(13-9-17)35-23(27,28)29/h6-13H,1-5,14-15H2,(H,30,32)(H,31,33). The van der Waals surface area contributed by atoms with Gasteiger partial charge in [0.25, 0.3) is 16.5 Å². The van der Waals surface area contributed by atoms with Crippen LogP contribution in [0, 0.1) is 0 Å². The number of alkyl halides is 6. The Hall–Kier alpha value is -0.140. The summed E-state index contributed by atoms with van der Waals surface area (Å²) < 4.78 is 9.41. The first-order valence-electron chi connectivity index (χ1n) is 10.7. The zero-order valence-electron chi connectivity index (χ0n) is 18.5. The Morgan fingerprint density at radius 2 is 0.886 bits per heavy atom. The Bertz CT molecular complexity index is 867. The normalized spacial score (nSPS) is 11.6. The summed E-state index contributed by atoms with van der Waals surface area (Å²) in [5, 5.41) is 5.87. The van der Waals surface area contributed by atoms with Crippen LogP contribution in [0.4, 0.5) is 0 Å². The van der Waals surface area contributed by atoms with Gasteiger partial charge in [0.05, 0.1) is 0 Å². The van der Waals surface area contributed by atoms with E-state index in [-0.39, 0.29) is 11.8 Å². The highest BCUT2D eigenvalue weighted by atomic mass is 80.0. The fourth-order valence-corrected chi connectivity index (χ4v) is 4.13. The molecule has 0 saturated carbocycles. The lowest BCUT2D eigenvalue weighted by Gasteiger charge is -2.15. The van der Waals surface area contributed by atoms with E-state index in [1.54, 1.807) is 48.5 Å². The molecular weight excluding hydrogens is 848 g/mol. The van der Waals surface area contributed by atoms with Crippen molar-refractivity contribution >= 4 is 107 Å². The first-order valence-corrected chi connectivity index (χ1v) is 15.5. The van der Waals surface area contributed by atoms with Gasteiger partial charge in [-0.15, -0.1) is 0 Å². The SMILES string of the molecule is O=C(NCCCCCCCNC(=O)c1ccc(OC(Br)(Br)Br)cc1)c1ccc(OC(Br)(Br)Br)cc1. The second kappa shape index (κ2) is 15.3. The monoisotopic (exact) mass is 866 g/mol. The zero-order chi connectivity index (χ0) is 25.9. The summed E-state index contributed by atoms with van der Waals surface area (Å²) in [7, 11) is 0. The largest absolute Gasteiger partial charge is 0.456 e. The van der Waals surface area contributed by atoms with Crippen LogP contribution in [-0.2, 0) is 0 Å². The molecule has 0 heterocycles. The molecule has 0 unspecified atom stereocenters. The number of nitrogens with one attached hydrogen (secondary N) is 2. The summed E-state index contributed by atoms with van der Waals surface area (Å²) in [6.45, 7) is 1.25. The van der Waals surface area contributed by atoms with Gasteiger partial charge in [-0.25, -0.2) is 0 Å². The van der Waals surface area contributed by atoms with Crippen molar-refractivity contribution in [2.75, 3.05) is 13.1 Å². The van der Waals surface area contributed by atoms with Gasteiger partial charge in [0.15, 0.2) is 0 Å². The van der Waals surface area contributed by atoms with Crippen molar-refractivity contribution in [1.29, 1.82) is 0 Å². The topological polar surface area (TPSA) is 76.7 Å². The molecule has 192 valence electrons. The Morgan fingerprint density at radius 3 is 1.20 bits per heavy atom. The van der Waals surface area contributed by atoms with Crippen LogP contribution in [0.5, 0.6) is 11.5 Å². The Labute approximate surface area is 255 Å². The van der Waals surface area contributed by atoms with Crippen molar-refractivity contribution in [2.24, 2.45) is 0 Å². The van der Waals surface area contributed by atoms with E-state index in [9.17, 15) is 9.59 Å². The molecule has 2 N–H and O–H groups in total. The van der Waals surface area contributed by atoms with Gasteiger partial charge in [-0.2, -0.15) is 0 Å². The Balaban J connectivity index is 1.53. The fraction of sp³-hybridized carbons (Fsp3) is 0.391. The minimum absolute atomic E-state index is 0.104. The van der Waals surface area contributed by atoms with Crippen LogP contribution in [0.25, 0.3) is 0 Å². The van der Waals surface area contributed by atoms with Gasteiger partial charge >= 0.3 is 0 Å². The van der Waals surface area contributed by atoms with Crippen LogP contribution in [0.1, 0.15) is 52.8 Å². The first-order chi connectivity index (χ1) is 16.4. The lowest BCUT2D eigenvalue weighted by Crippen LogP contribution is -2.24. The van der Waals surface area contributed by atoms with Crippen LogP contribution < -0.4 is 20.1 Å². The number of benzene rings is 2. The summed E-state index contributed by atoms with van der Waals surface area (Å²) in [5.74, 6) is 1.02. The van der Waals surface area contributed by atoms with Gasteiger partial charge in [-0.1, -0.05) is 19.3 Å². The molecule has 0 spiro atoms. The van der Waals surface area contributed by atoms with E-state index < -0.39 is 4.66 Å². The minimum atomic E-state index is -0.827. The van der Waals surface area contributed by atoms with Gasteiger partial charge in [-0.3, -0.25) is 9.59 Å². The molecule has 0 radical (unpaired) electrons. The quantitative estimate of drug-likeness (QED) is 0.167. The van der Waals surface area contributed by atoms with Crippen molar-refractivity contribution in [3.8, 4) is 11.5 Å². The highest BCUT2D eigenvalue weighted by Crippen LogP contribution is 2.36. The summed E-state index contributed by atoms with van der Waals surface area (Å²) in [5.41, 5.74) is 1.17. The molecule has 12 heteroatoms. The van der Waals surface area contributed by atoms with Crippen molar-refractivity contribution in [3.05, 3.63) is 59.7 Å². The second-order valence-electron chi connectivity index (χ2n) is 7.42. The maximum Gasteiger partial charge on any atom is 0.272 e. The average molecular weight is 872 g/mol. The predicted molar refractivity (Wildman–Crippen MR) is 161 cm³/mol. The van der Waals surface area contributed by atoms with E-state index in [0.29, 0.717) is 35.7 Å². The van der Waals surface area contributed by atoms with Crippen molar-refractivity contribution < 1.29 is 19.1 Å². The summed E-state index contributed by atoms with van der Waals surface area (Å²) in [4.78, 5) is 24.5. The molecule has 2 rings (SSSR count). The fourth-order valence-electron chi connectivity index (χ4n) is 3.00. The molecule has 2 amide bonds. The third-order valence-electron chi connectivity index (χ3n) is 4.62. The number of halogens is 6. The van der Waals surface area contributed by atoms with E-state index in [1.165, 1.54) is 0 Å². The molecule has 0 atom stereocenters. The van der Waals surface area contributed by atoms with E-state index in [0.717, 1.165) is 32.1 Å². The maximum absolute atomic E-state index is 12.2. The average Bonchev–Trinajstić information content (AvgIpc) is 2.76. The highest BCUT2D eigenvalue weighted by molar-refractivity contribution is 9.39. The lowest BCUT2D eigenvalue weighted by atomic mass is 10.1. The van der Waals surface area contributed by atoms with Crippen LogP contribution in [0.15, 0.2) is 48.5 Å². The van der Waals surface area contributed by atoms with E-state index in [1.807, 2.05) is 0 Å². The number of hydrogen-bond donors (Lipinski definition) is 2. The van der Waals surface area contributed by atoms with Crippen molar-refractivity contribution in [2.45, 2.75) is 36.8 Å². The number of unbranched alkanes of at least 4 members (excludes halogenated alkanes) is 4. The first kappa shape index (κ1) is 31.1. The number of carbonyl (C=O) groups is 2. The molecular formula is C23H24Br6N2O4. The van der Waals surface area contributed by atoms with E-state index in [2.05, 4.69) is 106 Å². The summed E-state index contributed by atoms with van der Waals surface area (Å²) >= 11 is 19.6. The third-order valence-corrected chi connectivity index (χ3v) is 5.60. The van der Waals surface area contributed by atoms with Crippen LogP contribution >= 0.6 is 95.6 Å². The zero-order valence-corrected chi connectivity index (χ0v) is 28.0. The van der Waals surface area contributed by atoms with Crippen molar-refractivity contribution in [1.82, 2.24) is 10.6 Å². The smallest absolute Gasteiger partial charge is 0.272 e. The van der Waals surface area contributed by atoms with Gasteiger partial charge in [-0.05, 0) is 157 Å². The Morgan fingerprint density at radius 1 is 0.571 bits per heavy atom. The van der Waals surface area contributed by atoms with E-state index in [4.69, 9.17) is 9.47 Å². The predicted octanol–water partition coefficient (Wildman–Crippen LogP) is 8.15. The molecule has 2 aromatic carbocycles. The van der Waals surface area contributed by atoms with Gasteiger partial charge in [0, 0.05) is 24.2 Å². The third kappa shape index (κ3) is 13.8. The molecule has 6 nitrogen and oxygen atoms in total.